The van der Waals surface area contributed by atoms with E-state index in [9.17, 15) is 22.8 Å². The lowest BCUT2D eigenvalue weighted by atomic mass is 9.97. The van der Waals surface area contributed by atoms with Gasteiger partial charge in [-0.15, -0.1) is 10.2 Å². The lowest BCUT2D eigenvalue weighted by Crippen LogP contribution is -2.38. The Morgan fingerprint density at radius 3 is 2.45 bits per heavy atom. The van der Waals surface area contributed by atoms with Gasteiger partial charge in [0.25, 0.3) is 11.8 Å². The highest BCUT2D eigenvalue weighted by Crippen LogP contribution is 2.31. The van der Waals surface area contributed by atoms with E-state index >= 15 is 0 Å². The molecule has 2 aromatic carbocycles. The molecule has 6 nitrogen and oxygen atoms in total. The molecule has 0 spiro atoms. The fourth-order valence-electron chi connectivity index (χ4n) is 3.39. The smallest absolute Gasteiger partial charge is 0.286 e. The van der Waals surface area contributed by atoms with E-state index in [1.54, 1.807) is 11.0 Å². The van der Waals surface area contributed by atoms with Gasteiger partial charge in [0, 0.05) is 25.1 Å². The number of anilines is 1. The molecule has 160 valence electrons. The molecule has 0 saturated carbocycles. The van der Waals surface area contributed by atoms with Gasteiger partial charge in [-0.05, 0) is 37.1 Å². The summed E-state index contributed by atoms with van der Waals surface area (Å²) in [5.74, 6) is -3.16. The molecule has 1 aliphatic rings. The van der Waals surface area contributed by atoms with Crippen molar-refractivity contribution in [3.63, 3.8) is 0 Å². The maximum Gasteiger partial charge on any atom is 0.286 e. The van der Waals surface area contributed by atoms with Crippen molar-refractivity contribution in [2.24, 2.45) is 0 Å². The van der Waals surface area contributed by atoms with E-state index in [1.807, 2.05) is 0 Å². The van der Waals surface area contributed by atoms with Gasteiger partial charge >= 0.3 is 0 Å². The van der Waals surface area contributed by atoms with E-state index in [1.165, 1.54) is 18.2 Å². The number of amides is 2. The number of halogens is 3. The Morgan fingerprint density at radius 2 is 1.74 bits per heavy atom. The van der Waals surface area contributed by atoms with Crippen LogP contribution in [0.4, 0.5) is 18.9 Å². The van der Waals surface area contributed by atoms with Gasteiger partial charge in [-0.25, -0.2) is 13.2 Å². The first-order chi connectivity index (χ1) is 14.9. The van der Waals surface area contributed by atoms with E-state index in [4.69, 9.17) is 0 Å². The fourth-order valence-corrected chi connectivity index (χ4v) is 4.30. The van der Waals surface area contributed by atoms with E-state index in [0.29, 0.717) is 37.0 Å². The van der Waals surface area contributed by atoms with Gasteiger partial charge < -0.3 is 10.2 Å². The number of nitrogens with zero attached hydrogens (tertiary/aromatic N) is 3. The molecule has 2 heterocycles. The topological polar surface area (TPSA) is 75.2 Å². The van der Waals surface area contributed by atoms with Crippen molar-refractivity contribution in [1.82, 2.24) is 15.1 Å². The van der Waals surface area contributed by atoms with Gasteiger partial charge in [0.1, 0.15) is 22.5 Å². The van der Waals surface area contributed by atoms with Crippen molar-refractivity contribution in [3.8, 4) is 0 Å². The Hall–Kier alpha value is -3.27. The molecule has 1 N–H and O–H groups in total. The average molecular weight is 446 g/mol. The molecule has 4 rings (SSSR count). The van der Waals surface area contributed by atoms with Crippen LogP contribution in [0.5, 0.6) is 0 Å². The number of aromatic nitrogens is 2. The van der Waals surface area contributed by atoms with Crippen molar-refractivity contribution in [3.05, 3.63) is 75.5 Å². The van der Waals surface area contributed by atoms with E-state index in [2.05, 4.69) is 15.5 Å². The average Bonchev–Trinajstić information content (AvgIpc) is 3.26. The molecule has 0 unspecified atom stereocenters. The molecule has 2 amide bonds. The standard InChI is InChI=1S/C21H17F3N4O2S/c22-13-5-6-17(16(24)11-13)25-18(29)20-27-26-19(31-20)12-7-9-28(10-8-12)21(30)14-3-1-2-4-15(14)23/h1-6,11-12H,7-10H2,(H,25,29). The summed E-state index contributed by atoms with van der Waals surface area (Å²) < 4.78 is 40.6. The van der Waals surface area contributed by atoms with E-state index < -0.39 is 23.4 Å². The minimum absolute atomic E-state index is 0.00581. The summed E-state index contributed by atoms with van der Waals surface area (Å²) in [7, 11) is 0. The Morgan fingerprint density at radius 1 is 1.00 bits per heavy atom. The molecule has 3 aromatic rings. The Bertz CT molecular complexity index is 1130. The predicted molar refractivity (Wildman–Crippen MR) is 108 cm³/mol. The quantitative estimate of drug-likeness (QED) is 0.651. The number of carbonyl (C=O) groups excluding carboxylic acids is 2. The third kappa shape index (κ3) is 4.58. The van der Waals surface area contributed by atoms with Crippen LogP contribution in [0.3, 0.4) is 0 Å². The van der Waals surface area contributed by atoms with Crippen LogP contribution in [-0.4, -0.2) is 40.0 Å². The highest BCUT2D eigenvalue weighted by molar-refractivity contribution is 7.13. The number of benzene rings is 2. The predicted octanol–water partition coefficient (Wildman–Crippen LogP) is 4.23. The first-order valence-corrected chi connectivity index (χ1v) is 10.4. The first-order valence-electron chi connectivity index (χ1n) is 9.56. The lowest BCUT2D eigenvalue weighted by molar-refractivity contribution is 0.0708. The molecule has 0 radical (unpaired) electrons. The molecular formula is C21H17F3N4O2S. The molecule has 1 fully saturated rings. The van der Waals surface area contributed by atoms with Crippen LogP contribution in [0.2, 0.25) is 0 Å². The van der Waals surface area contributed by atoms with Crippen molar-refractivity contribution in [2.45, 2.75) is 18.8 Å². The molecule has 1 aliphatic heterocycles. The minimum Gasteiger partial charge on any atom is -0.339 e. The third-order valence-corrected chi connectivity index (χ3v) is 6.13. The molecule has 0 aliphatic carbocycles. The largest absolute Gasteiger partial charge is 0.339 e. The first kappa shape index (κ1) is 21.0. The normalized spacial score (nSPS) is 14.5. The number of hydrogen-bond acceptors (Lipinski definition) is 5. The number of piperidine rings is 1. The number of carbonyl (C=O) groups is 2. The zero-order chi connectivity index (χ0) is 22.0. The minimum atomic E-state index is -0.884. The van der Waals surface area contributed by atoms with Crippen LogP contribution in [-0.2, 0) is 0 Å². The summed E-state index contributed by atoms with van der Waals surface area (Å²) >= 11 is 1.09. The van der Waals surface area contributed by atoms with Gasteiger partial charge in [-0.2, -0.15) is 0 Å². The van der Waals surface area contributed by atoms with Crippen LogP contribution in [0, 0.1) is 17.5 Å². The van der Waals surface area contributed by atoms with Crippen LogP contribution < -0.4 is 5.32 Å². The van der Waals surface area contributed by atoms with Crippen molar-refractivity contribution >= 4 is 28.8 Å². The van der Waals surface area contributed by atoms with Crippen molar-refractivity contribution < 1.29 is 22.8 Å². The summed E-state index contributed by atoms with van der Waals surface area (Å²) in [4.78, 5) is 26.5. The summed E-state index contributed by atoms with van der Waals surface area (Å²) in [6.45, 7) is 0.861. The molecule has 31 heavy (non-hydrogen) atoms. The monoisotopic (exact) mass is 446 g/mol. The Balaban J connectivity index is 1.37. The van der Waals surface area contributed by atoms with Gasteiger partial charge in [-0.1, -0.05) is 23.5 Å². The third-order valence-electron chi connectivity index (χ3n) is 5.05. The maximum atomic E-state index is 13.9. The molecule has 0 bridgehead atoms. The van der Waals surface area contributed by atoms with Crippen molar-refractivity contribution in [1.29, 1.82) is 0 Å². The molecule has 0 atom stereocenters. The molecule has 10 heteroatoms. The SMILES string of the molecule is O=C(Nc1ccc(F)cc1F)c1nnc(C2CCN(C(=O)c3ccccc3F)CC2)s1. The van der Waals surface area contributed by atoms with Crippen LogP contribution in [0.1, 0.15) is 43.9 Å². The summed E-state index contributed by atoms with van der Waals surface area (Å²) in [6.07, 6.45) is 1.20. The summed E-state index contributed by atoms with van der Waals surface area (Å²) in [5.41, 5.74) is -0.105. The Labute approximate surface area is 179 Å². The molecular weight excluding hydrogens is 429 g/mol. The summed E-state index contributed by atoms with van der Waals surface area (Å²) in [6, 6.07) is 8.72. The van der Waals surface area contributed by atoms with Crippen molar-refractivity contribution in [2.75, 3.05) is 18.4 Å². The van der Waals surface area contributed by atoms with E-state index in [-0.39, 0.29) is 28.1 Å². The molecule has 1 aromatic heterocycles. The number of likely N-dealkylation sites (tertiary alicyclic amines) is 1. The number of rotatable bonds is 4. The highest BCUT2D eigenvalue weighted by Gasteiger charge is 2.28. The highest BCUT2D eigenvalue weighted by atomic mass is 32.1. The van der Waals surface area contributed by atoms with E-state index in [0.717, 1.165) is 23.5 Å². The maximum absolute atomic E-state index is 13.9. The second-order valence-corrected chi connectivity index (χ2v) is 8.08. The van der Waals surface area contributed by atoms with Crippen LogP contribution >= 0.6 is 11.3 Å². The Kier molecular flexibility index (Phi) is 5.99. The zero-order valence-corrected chi connectivity index (χ0v) is 17.0. The van der Waals surface area contributed by atoms with Gasteiger partial charge in [0.05, 0.1) is 11.3 Å². The van der Waals surface area contributed by atoms with Crippen LogP contribution in [0.25, 0.3) is 0 Å². The fraction of sp³-hybridized carbons (Fsp3) is 0.238. The van der Waals surface area contributed by atoms with Gasteiger partial charge in [-0.3, -0.25) is 9.59 Å². The summed E-state index contributed by atoms with van der Waals surface area (Å²) in [5, 5.41) is 11.0. The van der Waals surface area contributed by atoms with Gasteiger partial charge in [0.15, 0.2) is 0 Å². The lowest BCUT2D eigenvalue weighted by Gasteiger charge is -2.31. The molecule has 1 saturated heterocycles. The second kappa shape index (κ2) is 8.84. The van der Waals surface area contributed by atoms with Crippen LogP contribution in [0.15, 0.2) is 42.5 Å². The zero-order valence-electron chi connectivity index (χ0n) is 16.1. The second-order valence-electron chi connectivity index (χ2n) is 7.07. The van der Waals surface area contributed by atoms with Gasteiger partial charge in [0.2, 0.25) is 5.01 Å². The number of nitrogens with one attached hydrogen (secondary N) is 1. The number of hydrogen-bond donors (Lipinski definition) is 1.